The highest BCUT2D eigenvalue weighted by Crippen LogP contribution is 2.33. The first-order valence-electron chi connectivity index (χ1n) is 7.73. The first kappa shape index (κ1) is 14.3. The molecule has 0 aromatic carbocycles. The number of ether oxygens (including phenoxy) is 1. The molecule has 0 amide bonds. The smallest absolute Gasteiger partial charge is 0.0472 e. The molecule has 1 unspecified atom stereocenters. The topological polar surface area (TPSA) is 24.5 Å². The molecule has 2 fully saturated rings. The molecule has 3 nitrogen and oxygen atoms in total. The van der Waals surface area contributed by atoms with Crippen LogP contribution < -0.4 is 5.32 Å². The van der Waals surface area contributed by atoms with E-state index in [1.54, 1.807) is 0 Å². The second-order valence-corrected chi connectivity index (χ2v) is 6.32. The second-order valence-electron chi connectivity index (χ2n) is 6.32. The molecule has 0 aromatic rings. The van der Waals surface area contributed by atoms with Gasteiger partial charge < -0.3 is 15.0 Å². The Balaban J connectivity index is 1.85. The second kappa shape index (κ2) is 6.88. The largest absolute Gasteiger partial charge is 0.381 e. The summed E-state index contributed by atoms with van der Waals surface area (Å²) in [6, 6.07) is 0. The van der Waals surface area contributed by atoms with Crippen LogP contribution in [-0.2, 0) is 4.74 Å². The molecular formula is C15H30N2O. The van der Waals surface area contributed by atoms with Crippen molar-refractivity contribution in [2.45, 2.75) is 39.0 Å². The molecule has 2 aliphatic rings. The van der Waals surface area contributed by atoms with Crippen LogP contribution in [0.4, 0.5) is 0 Å². The van der Waals surface area contributed by atoms with Gasteiger partial charge in [-0.25, -0.2) is 0 Å². The molecule has 0 aliphatic carbocycles. The van der Waals surface area contributed by atoms with E-state index in [2.05, 4.69) is 24.2 Å². The standard InChI is InChI=1S/C15H30N2O/c1-3-4-14-5-8-17(11-14)13-15(12-16-2)6-9-18-10-7-15/h14,16H,3-13H2,1-2H3. The van der Waals surface area contributed by atoms with Crippen LogP contribution in [0.25, 0.3) is 0 Å². The molecule has 18 heavy (non-hydrogen) atoms. The maximum atomic E-state index is 5.55. The maximum Gasteiger partial charge on any atom is 0.0472 e. The molecule has 2 aliphatic heterocycles. The van der Waals surface area contributed by atoms with Crippen LogP contribution in [0.2, 0.25) is 0 Å². The van der Waals surface area contributed by atoms with E-state index >= 15 is 0 Å². The molecule has 0 saturated carbocycles. The average molecular weight is 254 g/mol. The van der Waals surface area contributed by atoms with Crippen LogP contribution >= 0.6 is 0 Å². The highest BCUT2D eigenvalue weighted by atomic mass is 16.5. The summed E-state index contributed by atoms with van der Waals surface area (Å²) in [7, 11) is 2.08. The third-order valence-corrected chi connectivity index (χ3v) is 4.73. The summed E-state index contributed by atoms with van der Waals surface area (Å²) in [6.45, 7) is 9.28. The summed E-state index contributed by atoms with van der Waals surface area (Å²) < 4.78 is 5.55. The Morgan fingerprint density at radius 3 is 2.78 bits per heavy atom. The SMILES string of the molecule is CCCC1CCN(CC2(CNC)CCOCC2)C1. The van der Waals surface area contributed by atoms with Gasteiger partial charge in [0, 0.05) is 32.8 Å². The van der Waals surface area contributed by atoms with Crippen molar-refractivity contribution in [2.24, 2.45) is 11.3 Å². The van der Waals surface area contributed by atoms with Crippen LogP contribution in [0.1, 0.15) is 39.0 Å². The van der Waals surface area contributed by atoms with Gasteiger partial charge in [-0.2, -0.15) is 0 Å². The third-order valence-electron chi connectivity index (χ3n) is 4.73. The van der Waals surface area contributed by atoms with E-state index in [0.29, 0.717) is 5.41 Å². The van der Waals surface area contributed by atoms with Gasteiger partial charge in [0.25, 0.3) is 0 Å². The molecule has 1 N–H and O–H groups in total. The number of nitrogens with one attached hydrogen (secondary N) is 1. The Kier molecular flexibility index (Phi) is 5.46. The van der Waals surface area contributed by atoms with Gasteiger partial charge in [-0.3, -0.25) is 0 Å². The lowest BCUT2D eigenvalue weighted by Crippen LogP contribution is -2.46. The Labute approximate surface area is 112 Å². The van der Waals surface area contributed by atoms with Crippen LogP contribution in [0.5, 0.6) is 0 Å². The molecule has 2 rings (SSSR count). The normalized spacial score (nSPS) is 28.7. The summed E-state index contributed by atoms with van der Waals surface area (Å²) >= 11 is 0. The Morgan fingerprint density at radius 1 is 1.33 bits per heavy atom. The van der Waals surface area contributed by atoms with E-state index in [9.17, 15) is 0 Å². The van der Waals surface area contributed by atoms with E-state index in [1.165, 1.54) is 51.7 Å². The fraction of sp³-hybridized carbons (Fsp3) is 1.00. The Hall–Kier alpha value is -0.120. The van der Waals surface area contributed by atoms with Gasteiger partial charge in [0.15, 0.2) is 0 Å². The van der Waals surface area contributed by atoms with E-state index in [-0.39, 0.29) is 0 Å². The molecule has 0 aromatic heterocycles. The summed E-state index contributed by atoms with van der Waals surface area (Å²) in [5, 5.41) is 3.41. The third kappa shape index (κ3) is 3.69. The van der Waals surface area contributed by atoms with E-state index in [1.807, 2.05) is 0 Å². The monoisotopic (exact) mass is 254 g/mol. The van der Waals surface area contributed by atoms with Crippen molar-refractivity contribution in [2.75, 3.05) is 46.4 Å². The zero-order valence-corrected chi connectivity index (χ0v) is 12.2. The molecule has 2 heterocycles. The lowest BCUT2D eigenvalue weighted by Gasteiger charge is -2.40. The van der Waals surface area contributed by atoms with Crippen LogP contribution in [0, 0.1) is 11.3 Å². The number of likely N-dealkylation sites (tertiary alicyclic amines) is 1. The van der Waals surface area contributed by atoms with Gasteiger partial charge >= 0.3 is 0 Å². The van der Waals surface area contributed by atoms with Crippen molar-refractivity contribution in [3.05, 3.63) is 0 Å². The first-order valence-corrected chi connectivity index (χ1v) is 7.73. The number of hydrogen-bond donors (Lipinski definition) is 1. The van der Waals surface area contributed by atoms with Crippen LogP contribution in [-0.4, -0.2) is 51.3 Å². The molecular weight excluding hydrogens is 224 g/mol. The van der Waals surface area contributed by atoms with Crippen molar-refractivity contribution in [3.63, 3.8) is 0 Å². The molecule has 0 spiro atoms. The first-order chi connectivity index (χ1) is 8.78. The summed E-state index contributed by atoms with van der Waals surface area (Å²) in [6.07, 6.45) is 6.62. The average Bonchev–Trinajstić information content (AvgIpc) is 2.78. The molecule has 106 valence electrons. The lowest BCUT2D eigenvalue weighted by atomic mass is 9.79. The molecule has 0 bridgehead atoms. The van der Waals surface area contributed by atoms with E-state index in [0.717, 1.165) is 25.7 Å². The van der Waals surface area contributed by atoms with Crippen molar-refractivity contribution >= 4 is 0 Å². The Morgan fingerprint density at radius 2 is 2.11 bits per heavy atom. The molecule has 2 saturated heterocycles. The van der Waals surface area contributed by atoms with Gasteiger partial charge in [0.1, 0.15) is 0 Å². The fourth-order valence-corrected chi connectivity index (χ4v) is 3.74. The van der Waals surface area contributed by atoms with Crippen molar-refractivity contribution in [1.82, 2.24) is 10.2 Å². The highest BCUT2D eigenvalue weighted by molar-refractivity contribution is 4.89. The van der Waals surface area contributed by atoms with Gasteiger partial charge in [-0.15, -0.1) is 0 Å². The number of hydrogen-bond acceptors (Lipinski definition) is 3. The summed E-state index contributed by atoms with van der Waals surface area (Å²) in [5.74, 6) is 0.960. The van der Waals surface area contributed by atoms with Crippen molar-refractivity contribution in [1.29, 1.82) is 0 Å². The fourth-order valence-electron chi connectivity index (χ4n) is 3.74. The molecule has 0 radical (unpaired) electrons. The molecule has 1 atom stereocenters. The minimum Gasteiger partial charge on any atom is -0.381 e. The maximum absolute atomic E-state index is 5.55. The van der Waals surface area contributed by atoms with Crippen LogP contribution in [0.3, 0.4) is 0 Å². The van der Waals surface area contributed by atoms with Gasteiger partial charge in [-0.05, 0) is 50.6 Å². The zero-order valence-electron chi connectivity index (χ0n) is 12.2. The quantitative estimate of drug-likeness (QED) is 0.786. The minimum absolute atomic E-state index is 0.466. The predicted molar refractivity (Wildman–Crippen MR) is 75.9 cm³/mol. The predicted octanol–water partition coefficient (Wildman–Crippen LogP) is 2.12. The van der Waals surface area contributed by atoms with Crippen LogP contribution in [0.15, 0.2) is 0 Å². The Bertz CT molecular complexity index is 233. The van der Waals surface area contributed by atoms with Crippen molar-refractivity contribution in [3.8, 4) is 0 Å². The number of rotatable bonds is 6. The van der Waals surface area contributed by atoms with Crippen molar-refractivity contribution < 1.29 is 4.74 Å². The summed E-state index contributed by atoms with van der Waals surface area (Å²) in [4.78, 5) is 2.71. The number of nitrogens with zero attached hydrogens (tertiary/aromatic N) is 1. The molecule has 3 heteroatoms. The lowest BCUT2D eigenvalue weighted by molar-refractivity contribution is -0.000578. The highest BCUT2D eigenvalue weighted by Gasteiger charge is 2.35. The van der Waals surface area contributed by atoms with E-state index < -0.39 is 0 Å². The van der Waals surface area contributed by atoms with Gasteiger partial charge in [0.2, 0.25) is 0 Å². The van der Waals surface area contributed by atoms with Gasteiger partial charge in [-0.1, -0.05) is 13.3 Å². The van der Waals surface area contributed by atoms with Gasteiger partial charge in [0.05, 0.1) is 0 Å². The van der Waals surface area contributed by atoms with E-state index in [4.69, 9.17) is 4.74 Å². The summed E-state index contributed by atoms with van der Waals surface area (Å²) in [5.41, 5.74) is 0.466. The zero-order chi connectivity index (χ0) is 12.8. The minimum atomic E-state index is 0.466.